The van der Waals surface area contributed by atoms with E-state index < -0.39 is 0 Å². The second kappa shape index (κ2) is 6.12. The molecule has 1 unspecified atom stereocenters. The lowest BCUT2D eigenvalue weighted by Gasteiger charge is -2.33. The van der Waals surface area contributed by atoms with Crippen molar-refractivity contribution < 1.29 is 9.53 Å². The van der Waals surface area contributed by atoms with Gasteiger partial charge < -0.3 is 4.74 Å². The zero-order valence-electron chi connectivity index (χ0n) is 10.1. The van der Waals surface area contributed by atoms with Gasteiger partial charge in [-0.05, 0) is 26.3 Å². The lowest BCUT2D eigenvalue weighted by molar-refractivity contribution is -0.151. The van der Waals surface area contributed by atoms with Crippen LogP contribution in [-0.2, 0) is 16.1 Å². The predicted molar refractivity (Wildman–Crippen MR) is 66.8 cm³/mol. The minimum atomic E-state index is -0.0811. The number of aromatic nitrogens is 1. The Morgan fingerprint density at radius 1 is 1.65 bits per heavy atom. The van der Waals surface area contributed by atoms with E-state index in [4.69, 9.17) is 4.74 Å². The highest BCUT2D eigenvalue weighted by Crippen LogP contribution is 2.20. The van der Waals surface area contributed by atoms with Gasteiger partial charge in [0.2, 0.25) is 0 Å². The zero-order chi connectivity index (χ0) is 12.1. The number of rotatable bonds is 4. The van der Waals surface area contributed by atoms with E-state index in [0.29, 0.717) is 6.61 Å². The molecular weight excluding hydrogens is 236 g/mol. The summed E-state index contributed by atoms with van der Waals surface area (Å²) < 4.78 is 5.13. The van der Waals surface area contributed by atoms with Gasteiger partial charge in [0, 0.05) is 11.9 Å². The van der Waals surface area contributed by atoms with Crippen LogP contribution in [0.3, 0.4) is 0 Å². The summed E-state index contributed by atoms with van der Waals surface area (Å²) in [5, 5.41) is 2.04. The van der Waals surface area contributed by atoms with Gasteiger partial charge in [0.25, 0.3) is 0 Å². The topological polar surface area (TPSA) is 42.4 Å². The van der Waals surface area contributed by atoms with Crippen LogP contribution in [0.15, 0.2) is 10.9 Å². The van der Waals surface area contributed by atoms with Gasteiger partial charge in [0.1, 0.15) is 6.04 Å². The summed E-state index contributed by atoms with van der Waals surface area (Å²) in [6, 6.07) is -0.0783. The normalized spacial score (nSPS) is 21.4. The van der Waals surface area contributed by atoms with Gasteiger partial charge in [-0.2, -0.15) is 0 Å². The lowest BCUT2D eigenvalue weighted by Crippen LogP contribution is -2.45. The fourth-order valence-corrected chi connectivity index (χ4v) is 2.76. The van der Waals surface area contributed by atoms with Crippen LogP contribution in [0.2, 0.25) is 0 Å². The molecule has 0 bridgehead atoms. The third-order valence-electron chi connectivity index (χ3n) is 3.02. The number of carbonyl (C=O) groups is 1. The first-order chi connectivity index (χ1) is 8.31. The van der Waals surface area contributed by atoms with Crippen LogP contribution in [0.25, 0.3) is 0 Å². The maximum atomic E-state index is 11.9. The van der Waals surface area contributed by atoms with Crippen molar-refractivity contribution in [3.05, 3.63) is 16.6 Å². The minimum absolute atomic E-state index is 0.0783. The molecule has 1 aromatic rings. The summed E-state index contributed by atoms with van der Waals surface area (Å²) in [6.07, 6.45) is 3.17. The third kappa shape index (κ3) is 3.26. The van der Waals surface area contributed by atoms with Crippen molar-refractivity contribution in [2.75, 3.05) is 13.2 Å². The van der Waals surface area contributed by atoms with Crippen LogP contribution in [0, 0.1) is 0 Å². The summed E-state index contributed by atoms with van der Waals surface area (Å²) >= 11 is 1.59. The second-order valence-electron chi connectivity index (χ2n) is 4.21. The van der Waals surface area contributed by atoms with E-state index >= 15 is 0 Å². The van der Waals surface area contributed by atoms with Crippen molar-refractivity contribution in [3.63, 3.8) is 0 Å². The van der Waals surface area contributed by atoms with E-state index in [-0.39, 0.29) is 12.0 Å². The summed E-state index contributed by atoms with van der Waals surface area (Å²) in [7, 11) is 0. The number of esters is 1. The van der Waals surface area contributed by atoms with Gasteiger partial charge in [-0.3, -0.25) is 9.69 Å². The quantitative estimate of drug-likeness (QED) is 0.771. The Bertz CT molecular complexity index is 353. The van der Waals surface area contributed by atoms with Crippen molar-refractivity contribution in [3.8, 4) is 0 Å². The maximum absolute atomic E-state index is 11.9. The van der Waals surface area contributed by atoms with Crippen LogP contribution < -0.4 is 0 Å². The molecule has 1 atom stereocenters. The smallest absolute Gasteiger partial charge is 0.323 e. The van der Waals surface area contributed by atoms with E-state index in [1.165, 1.54) is 0 Å². The van der Waals surface area contributed by atoms with Crippen LogP contribution in [-0.4, -0.2) is 35.0 Å². The molecule has 0 N–H and O–H groups in total. The molecule has 0 aliphatic carbocycles. The lowest BCUT2D eigenvalue weighted by atomic mass is 10.0. The van der Waals surface area contributed by atoms with Crippen LogP contribution in [0.5, 0.6) is 0 Å². The minimum Gasteiger partial charge on any atom is -0.465 e. The first-order valence-electron chi connectivity index (χ1n) is 6.09. The monoisotopic (exact) mass is 254 g/mol. The molecule has 2 heterocycles. The van der Waals surface area contributed by atoms with Gasteiger partial charge in [-0.25, -0.2) is 4.98 Å². The summed E-state index contributed by atoms with van der Waals surface area (Å²) in [6.45, 7) is 4.03. The van der Waals surface area contributed by atoms with Gasteiger partial charge in [0.15, 0.2) is 0 Å². The van der Waals surface area contributed by atoms with Crippen molar-refractivity contribution in [1.29, 1.82) is 0 Å². The molecular formula is C12H18N2O2S. The molecule has 1 aromatic heterocycles. The van der Waals surface area contributed by atoms with Crippen LogP contribution >= 0.6 is 11.3 Å². The molecule has 1 saturated heterocycles. The van der Waals surface area contributed by atoms with Crippen molar-refractivity contribution >= 4 is 17.3 Å². The van der Waals surface area contributed by atoms with Crippen molar-refractivity contribution in [1.82, 2.24) is 9.88 Å². The highest BCUT2D eigenvalue weighted by Gasteiger charge is 2.29. The molecule has 0 radical (unpaired) electrons. The number of hydrogen-bond donors (Lipinski definition) is 0. The van der Waals surface area contributed by atoms with E-state index in [1.807, 2.05) is 17.8 Å². The average Bonchev–Trinajstić information content (AvgIpc) is 2.83. The first kappa shape index (κ1) is 12.5. The van der Waals surface area contributed by atoms with Crippen LogP contribution in [0.4, 0.5) is 0 Å². The number of nitrogens with zero attached hydrogens (tertiary/aromatic N) is 2. The number of likely N-dealkylation sites (tertiary alicyclic amines) is 1. The Hall–Kier alpha value is -0.940. The maximum Gasteiger partial charge on any atom is 0.323 e. The molecule has 0 amide bonds. The molecule has 0 aromatic carbocycles. The highest BCUT2D eigenvalue weighted by molar-refractivity contribution is 7.07. The Labute approximate surface area is 106 Å². The van der Waals surface area contributed by atoms with Crippen LogP contribution in [0.1, 0.15) is 31.9 Å². The van der Waals surface area contributed by atoms with E-state index in [2.05, 4.69) is 9.88 Å². The molecule has 1 aliphatic heterocycles. The first-order valence-corrected chi connectivity index (χ1v) is 7.03. The number of ether oxygens (including phenoxy) is 1. The standard InChI is InChI=1S/C12H18N2O2S/c1-2-16-12(15)11-5-3-4-6-14(11)7-10-8-17-9-13-10/h8-9,11H,2-7H2,1H3. The Morgan fingerprint density at radius 3 is 3.24 bits per heavy atom. The van der Waals surface area contributed by atoms with Gasteiger partial charge in [0.05, 0.1) is 17.8 Å². The zero-order valence-corrected chi connectivity index (χ0v) is 10.9. The second-order valence-corrected chi connectivity index (χ2v) is 4.93. The Morgan fingerprint density at radius 2 is 2.53 bits per heavy atom. The fraction of sp³-hybridized carbons (Fsp3) is 0.667. The predicted octanol–water partition coefficient (Wildman–Crippen LogP) is 2.06. The number of carbonyl (C=O) groups excluding carboxylic acids is 1. The van der Waals surface area contributed by atoms with Gasteiger partial charge >= 0.3 is 5.97 Å². The third-order valence-corrected chi connectivity index (χ3v) is 3.66. The fourth-order valence-electron chi connectivity index (χ4n) is 2.21. The SMILES string of the molecule is CCOC(=O)C1CCCCN1Cc1cscn1. The molecule has 4 nitrogen and oxygen atoms in total. The molecule has 0 spiro atoms. The molecule has 2 rings (SSSR count). The highest BCUT2D eigenvalue weighted by atomic mass is 32.1. The van der Waals surface area contributed by atoms with Gasteiger partial charge in [-0.1, -0.05) is 6.42 Å². The number of piperidine rings is 1. The van der Waals surface area contributed by atoms with E-state index in [9.17, 15) is 4.79 Å². The van der Waals surface area contributed by atoms with Gasteiger partial charge in [-0.15, -0.1) is 11.3 Å². The molecule has 5 heteroatoms. The summed E-state index contributed by atoms with van der Waals surface area (Å²) in [5.41, 5.74) is 2.88. The molecule has 1 aliphatic rings. The average molecular weight is 254 g/mol. The molecule has 17 heavy (non-hydrogen) atoms. The Kier molecular flexibility index (Phi) is 4.50. The van der Waals surface area contributed by atoms with Crippen molar-refractivity contribution in [2.24, 2.45) is 0 Å². The summed E-state index contributed by atoms with van der Waals surface area (Å²) in [5.74, 6) is -0.0811. The van der Waals surface area contributed by atoms with Crippen molar-refractivity contribution in [2.45, 2.75) is 38.8 Å². The largest absolute Gasteiger partial charge is 0.465 e. The number of hydrogen-bond acceptors (Lipinski definition) is 5. The number of thiazole rings is 1. The van der Waals surface area contributed by atoms with E-state index in [0.717, 1.165) is 38.0 Å². The molecule has 94 valence electrons. The summed E-state index contributed by atoms with van der Waals surface area (Å²) in [4.78, 5) is 18.3. The molecule has 0 saturated carbocycles. The molecule has 1 fully saturated rings. The Balaban J connectivity index is 1.99. The van der Waals surface area contributed by atoms with E-state index in [1.54, 1.807) is 11.3 Å².